The molecule has 0 amide bonds. The van der Waals surface area contributed by atoms with E-state index in [1.54, 1.807) is 0 Å². The quantitative estimate of drug-likeness (QED) is 0.710. The number of hydrogen-bond acceptors (Lipinski definition) is 1. The molecule has 14 heavy (non-hydrogen) atoms. The number of hydrogen-bond donors (Lipinski definition) is 2. The Morgan fingerprint density at radius 3 is 3.07 bits per heavy atom. The van der Waals surface area contributed by atoms with Crippen LogP contribution in [0, 0.1) is 0 Å². The van der Waals surface area contributed by atoms with Crippen molar-refractivity contribution in [1.29, 1.82) is 0 Å². The van der Waals surface area contributed by atoms with Crippen LogP contribution >= 0.6 is 12.6 Å². The molecule has 0 aliphatic carbocycles. The second-order valence-electron chi connectivity index (χ2n) is 3.20. The number of aromatic amines is 1. The number of allylic oxidation sites excluding steroid dienone is 1. The first-order valence-corrected chi connectivity index (χ1v) is 5.38. The lowest BCUT2D eigenvalue weighted by molar-refractivity contribution is 1.26. The fraction of sp³-hybridized carbons (Fsp3) is 0.167. The van der Waals surface area contributed by atoms with Crippen molar-refractivity contribution in [3.63, 3.8) is 0 Å². The molecule has 0 fully saturated rings. The van der Waals surface area contributed by atoms with Gasteiger partial charge in [0, 0.05) is 17.1 Å². The van der Waals surface area contributed by atoms with Gasteiger partial charge in [-0.2, -0.15) is 12.6 Å². The third-order valence-electron chi connectivity index (χ3n) is 2.22. The molecule has 0 spiro atoms. The van der Waals surface area contributed by atoms with Crippen LogP contribution in [0.1, 0.15) is 12.0 Å². The van der Waals surface area contributed by atoms with Crippen molar-refractivity contribution in [2.45, 2.75) is 6.42 Å². The molecule has 1 N–H and O–H groups in total. The number of benzene rings is 1. The summed E-state index contributed by atoms with van der Waals surface area (Å²) in [6.07, 6.45) is 7.31. The van der Waals surface area contributed by atoms with Gasteiger partial charge in [-0.15, -0.1) is 0 Å². The van der Waals surface area contributed by atoms with Crippen LogP contribution in [0.25, 0.3) is 17.0 Å². The maximum atomic E-state index is 4.17. The number of nitrogens with one attached hydrogen (secondary N) is 1. The maximum Gasteiger partial charge on any atom is 0.0459 e. The average molecular weight is 203 g/mol. The molecule has 1 heterocycles. The molecule has 2 aromatic rings. The smallest absolute Gasteiger partial charge is 0.0459 e. The Kier molecular flexibility index (Phi) is 2.94. The van der Waals surface area contributed by atoms with E-state index in [1.165, 1.54) is 16.5 Å². The second kappa shape index (κ2) is 4.38. The summed E-state index contributed by atoms with van der Waals surface area (Å²) < 4.78 is 0. The third-order valence-corrected chi connectivity index (χ3v) is 2.48. The molecule has 72 valence electrons. The molecule has 0 saturated heterocycles. The summed E-state index contributed by atoms with van der Waals surface area (Å²) in [4.78, 5) is 3.20. The van der Waals surface area contributed by atoms with Gasteiger partial charge in [-0.3, -0.25) is 0 Å². The van der Waals surface area contributed by atoms with Crippen molar-refractivity contribution in [2.75, 3.05) is 5.75 Å². The van der Waals surface area contributed by atoms with E-state index in [2.05, 4.69) is 54.0 Å². The summed E-state index contributed by atoms with van der Waals surface area (Å²) in [7, 11) is 0. The zero-order valence-corrected chi connectivity index (χ0v) is 8.80. The minimum Gasteiger partial charge on any atom is -0.361 e. The van der Waals surface area contributed by atoms with E-state index in [0.717, 1.165) is 12.2 Å². The molecule has 2 rings (SSSR count). The third kappa shape index (κ3) is 1.85. The minimum absolute atomic E-state index is 0.902. The molecule has 0 aliphatic rings. The highest BCUT2D eigenvalue weighted by Crippen LogP contribution is 2.18. The van der Waals surface area contributed by atoms with Crippen molar-refractivity contribution in [1.82, 2.24) is 4.98 Å². The molecule has 0 unspecified atom stereocenters. The lowest BCUT2D eigenvalue weighted by atomic mass is 10.1. The van der Waals surface area contributed by atoms with Gasteiger partial charge in [0.2, 0.25) is 0 Å². The SMILES string of the molecule is SCCC=Cc1cccc2[nH]ccc12. The fourth-order valence-electron chi connectivity index (χ4n) is 1.54. The van der Waals surface area contributed by atoms with Gasteiger partial charge in [0.05, 0.1) is 0 Å². The highest BCUT2D eigenvalue weighted by molar-refractivity contribution is 7.80. The highest BCUT2D eigenvalue weighted by Gasteiger charge is 1.96. The zero-order chi connectivity index (χ0) is 9.80. The summed E-state index contributed by atoms with van der Waals surface area (Å²) in [6, 6.07) is 8.39. The van der Waals surface area contributed by atoms with Crippen LogP contribution in [-0.2, 0) is 0 Å². The number of rotatable bonds is 3. The van der Waals surface area contributed by atoms with Crippen molar-refractivity contribution in [3.8, 4) is 0 Å². The van der Waals surface area contributed by atoms with Gasteiger partial charge in [-0.05, 0) is 29.9 Å². The monoisotopic (exact) mass is 203 g/mol. The Labute approximate surface area is 89.2 Å². The summed E-state index contributed by atoms with van der Waals surface area (Å²) in [6.45, 7) is 0. The molecule has 0 radical (unpaired) electrons. The standard InChI is InChI=1S/C12H13NS/c14-9-2-1-4-10-5-3-6-12-11(10)7-8-13-12/h1,3-8,13-14H,2,9H2. The number of aromatic nitrogens is 1. The van der Waals surface area contributed by atoms with E-state index < -0.39 is 0 Å². The fourth-order valence-corrected chi connectivity index (χ4v) is 1.69. The van der Waals surface area contributed by atoms with Gasteiger partial charge in [0.25, 0.3) is 0 Å². The molecule has 1 aromatic heterocycles. The molecule has 2 heteroatoms. The van der Waals surface area contributed by atoms with Gasteiger partial charge >= 0.3 is 0 Å². The molecule has 1 nitrogen and oxygen atoms in total. The van der Waals surface area contributed by atoms with Crippen molar-refractivity contribution >= 4 is 29.6 Å². The van der Waals surface area contributed by atoms with Crippen molar-refractivity contribution < 1.29 is 0 Å². The Bertz CT molecular complexity index is 442. The molecule has 0 aliphatic heterocycles. The highest BCUT2D eigenvalue weighted by atomic mass is 32.1. The van der Waals surface area contributed by atoms with Crippen molar-refractivity contribution in [2.24, 2.45) is 0 Å². The Hall–Kier alpha value is -1.15. The molecule has 0 saturated carbocycles. The molecular formula is C12H13NS. The average Bonchev–Trinajstić information content (AvgIpc) is 2.67. The molecule has 1 aromatic carbocycles. The van der Waals surface area contributed by atoms with Crippen LogP contribution in [0.4, 0.5) is 0 Å². The van der Waals surface area contributed by atoms with Crippen LogP contribution in [-0.4, -0.2) is 10.7 Å². The number of fused-ring (bicyclic) bond motifs is 1. The van der Waals surface area contributed by atoms with Crippen LogP contribution < -0.4 is 0 Å². The van der Waals surface area contributed by atoms with Gasteiger partial charge in [-0.25, -0.2) is 0 Å². The van der Waals surface area contributed by atoms with Crippen LogP contribution in [0.3, 0.4) is 0 Å². The summed E-state index contributed by atoms with van der Waals surface area (Å²) in [5, 5.41) is 1.28. The van der Waals surface area contributed by atoms with Crippen LogP contribution in [0.15, 0.2) is 36.5 Å². The first kappa shape index (κ1) is 9.41. The normalized spacial score (nSPS) is 11.5. The molecule has 0 atom stereocenters. The Morgan fingerprint density at radius 2 is 2.21 bits per heavy atom. The lowest BCUT2D eigenvalue weighted by Crippen LogP contribution is -1.74. The molecule has 0 bridgehead atoms. The Morgan fingerprint density at radius 1 is 1.29 bits per heavy atom. The van der Waals surface area contributed by atoms with E-state index in [-0.39, 0.29) is 0 Å². The predicted molar refractivity (Wildman–Crippen MR) is 65.8 cm³/mol. The topological polar surface area (TPSA) is 15.8 Å². The first-order chi connectivity index (χ1) is 6.92. The second-order valence-corrected chi connectivity index (χ2v) is 3.65. The van der Waals surface area contributed by atoms with E-state index >= 15 is 0 Å². The van der Waals surface area contributed by atoms with E-state index in [1.807, 2.05) is 6.20 Å². The predicted octanol–water partition coefficient (Wildman–Crippen LogP) is 3.50. The summed E-state index contributed by atoms with van der Waals surface area (Å²) in [5.74, 6) is 0.902. The number of H-pyrrole nitrogens is 1. The largest absolute Gasteiger partial charge is 0.361 e. The minimum atomic E-state index is 0.902. The first-order valence-electron chi connectivity index (χ1n) is 4.75. The van der Waals surface area contributed by atoms with E-state index in [4.69, 9.17) is 0 Å². The van der Waals surface area contributed by atoms with Gasteiger partial charge in [0.15, 0.2) is 0 Å². The lowest BCUT2D eigenvalue weighted by Gasteiger charge is -1.95. The maximum absolute atomic E-state index is 4.17. The zero-order valence-electron chi connectivity index (χ0n) is 7.90. The summed E-state index contributed by atoms with van der Waals surface area (Å²) >= 11 is 4.17. The van der Waals surface area contributed by atoms with Gasteiger partial charge < -0.3 is 4.98 Å². The van der Waals surface area contributed by atoms with Gasteiger partial charge in [-0.1, -0.05) is 24.3 Å². The van der Waals surface area contributed by atoms with Crippen LogP contribution in [0.2, 0.25) is 0 Å². The number of thiol groups is 1. The molecular weight excluding hydrogens is 190 g/mol. The van der Waals surface area contributed by atoms with E-state index in [9.17, 15) is 0 Å². The van der Waals surface area contributed by atoms with Crippen molar-refractivity contribution in [3.05, 3.63) is 42.1 Å². The van der Waals surface area contributed by atoms with E-state index in [0.29, 0.717) is 0 Å². The van der Waals surface area contributed by atoms with Gasteiger partial charge in [0.1, 0.15) is 0 Å². The van der Waals surface area contributed by atoms with Crippen LogP contribution in [0.5, 0.6) is 0 Å². The summed E-state index contributed by atoms with van der Waals surface area (Å²) in [5.41, 5.74) is 2.46. The Balaban J connectivity index is 2.36.